The molecule has 0 spiro atoms. The lowest BCUT2D eigenvalue weighted by Gasteiger charge is -2.28. The Balaban J connectivity index is 1.33. The molecule has 9 heteroatoms. The van der Waals surface area contributed by atoms with Crippen molar-refractivity contribution in [2.45, 2.75) is 45.2 Å². The molecule has 32 heavy (non-hydrogen) atoms. The van der Waals surface area contributed by atoms with Crippen LogP contribution in [0.3, 0.4) is 0 Å². The van der Waals surface area contributed by atoms with Gasteiger partial charge in [0.05, 0.1) is 0 Å². The Labute approximate surface area is 192 Å². The van der Waals surface area contributed by atoms with Crippen LogP contribution in [0.2, 0.25) is 5.02 Å². The van der Waals surface area contributed by atoms with Gasteiger partial charge in [0.25, 0.3) is 5.91 Å². The summed E-state index contributed by atoms with van der Waals surface area (Å²) in [5.41, 5.74) is 3.14. The first-order valence-electron chi connectivity index (χ1n) is 11.1. The predicted molar refractivity (Wildman–Crippen MR) is 120 cm³/mol. The van der Waals surface area contributed by atoms with Crippen LogP contribution in [-0.4, -0.2) is 56.9 Å². The number of carbonyl (C=O) groups excluding carboxylic acids is 3. The minimum atomic E-state index is -0.192. The number of hydrogen-bond acceptors (Lipinski definition) is 4. The highest BCUT2D eigenvalue weighted by molar-refractivity contribution is 6.31. The highest BCUT2D eigenvalue weighted by atomic mass is 35.5. The van der Waals surface area contributed by atoms with E-state index in [1.807, 2.05) is 30.1 Å². The molecular formula is C23H28ClN5O3. The largest absolute Gasteiger partial charge is 0.352 e. The summed E-state index contributed by atoms with van der Waals surface area (Å²) in [5.74, 6) is -0.332. The number of rotatable bonds is 6. The average molecular weight is 458 g/mol. The van der Waals surface area contributed by atoms with E-state index in [9.17, 15) is 14.4 Å². The van der Waals surface area contributed by atoms with Crippen LogP contribution in [0.5, 0.6) is 0 Å². The molecule has 1 aromatic heterocycles. The van der Waals surface area contributed by atoms with Gasteiger partial charge in [-0.05, 0) is 24.5 Å². The molecule has 3 amide bonds. The maximum atomic E-state index is 12.9. The van der Waals surface area contributed by atoms with Crippen LogP contribution in [0.25, 0.3) is 0 Å². The smallest absolute Gasteiger partial charge is 0.274 e. The fraction of sp³-hybridized carbons (Fsp3) is 0.478. The molecule has 0 aliphatic carbocycles. The van der Waals surface area contributed by atoms with E-state index in [0.717, 1.165) is 42.8 Å². The van der Waals surface area contributed by atoms with Gasteiger partial charge in [0, 0.05) is 75.3 Å². The number of carbonyl (C=O) groups is 3. The number of aryl methyl sites for hydroxylation is 1. The molecule has 1 aromatic carbocycles. The summed E-state index contributed by atoms with van der Waals surface area (Å²) in [6.45, 7) is 2.77. The minimum Gasteiger partial charge on any atom is -0.352 e. The monoisotopic (exact) mass is 457 g/mol. The number of halogens is 1. The number of hydrogen-bond donors (Lipinski definition) is 1. The van der Waals surface area contributed by atoms with Gasteiger partial charge in [-0.3, -0.25) is 19.1 Å². The minimum absolute atomic E-state index is 0.0485. The van der Waals surface area contributed by atoms with Gasteiger partial charge in [-0.1, -0.05) is 29.8 Å². The van der Waals surface area contributed by atoms with Crippen molar-refractivity contribution in [2.24, 2.45) is 7.05 Å². The molecule has 1 N–H and O–H groups in total. The van der Waals surface area contributed by atoms with Gasteiger partial charge in [-0.25, -0.2) is 0 Å². The molecule has 0 bridgehead atoms. The van der Waals surface area contributed by atoms with Crippen molar-refractivity contribution in [3.8, 4) is 0 Å². The summed E-state index contributed by atoms with van der Waals surface area (Å²) < 4.78 is 1.77. The second-order valence-electron chi connectivity index (χ2n) is 8.33. The third-order valence-electron chi connectivity index (χ3n) is 6.19. The van der Waals surface area contributed by atoms with Crippen LogP contribution in [-0.2, 0) is 36.1 Å². The van der Waals surface area contributed by atoms with E-state index in [1.165, 1.54) is 0 Å². The van der Waals surface area contributed by atoms with Crippen LogP contribution in [0, 0.1) is 0 Å². The normalized spacial score (nSPS) is 15.6. The van der Waals surface area contributed by atoms with Crippen molar-refractivity contribution in [3.63, 3.8) is 0 Å². The first kappa shape index (κ1) is 22.3. The SMILES string of the molecule is Cn1nc(C(=O)N2CCCC2)c2c1CCN(C(=O)CCC(=O)NCc1ccccc1Cl)C2. The number of nitrogens with one attached hydrogen (secondary N) is 1. The van der Waals surface area contributed by atoms with Crippen molar-refractivity contribution < 1.29 is 14.4 Å². The van der Waals surface area contributed by atoms with E-state index in [-0.39, 0.29) is 30.6 Å². The number of benzene rings is 1. The average Bonchev–Trinajstić information content (AvgIpc) is 3.45. The van der Waals surface area contributed by atoms with Crippen LogP contribution in [0.1, 0.15) is 53.0 Å². The number of aromatic nitrogens is 2. The Kier molecular flexibility index (Phi) is 6.79. The summed E-state index contributed by atoms with van der Waals surface area (Å²) in [4.78, 5) is 41.5. The lowest BCUT2D eigenvalue weighted by molar-refractivity contribution is -0.134. The number of likely N-dealkylation sites (tertiary alicyclic amines) is 1. The molecule has 1 fully saturated rings. The Morgan fingerprint density at radius 1 is 1.06 bits per heavy atom. The maximum absolute atomic E-state index is 12.9. The molecule has 1 saturated heterocycles. The summed E-state index contributed by atoms with van der Waals surface area (Å²) in [5, 5.41) is 7.89. The molecule has 170 valence electrons. The second-order valence-corrected chi connectivity index (χ2v) is 8.74. The number of fused-ring (bicyclic) bond motifs is 1. The third-order valence-corrected chi connectivity index (χ3v) is 6.56. The summed E-state index contributed by atoms with van der Waals surface area (Å²) >= 11 is 6.11. The zero-order valence-corrected chi connectivity index (χ0v) is 19.0. The number of nitrogens with zero attached hydrogens (tertiary/aromatic N) is 4. The molecule has 4 rings (SSSR count). The predicted octanol–water partition coefficient (Wildman–Crippen LogP) is 2.29. The van der Waals surface area contributed by atoms with E-state index in [0.29, 0.717) is 36.8 Å². The van der Waals surface area contributed by atoms with E-state index in [1.54, 1.807) is 15.6 Å². The molecule has 3 heterocycles. The quantitative estimate of drug-likeness (QED) is 0.721. The third kappa shape index (κ3) is 4.80. The first-order chi connectivity index (χ1) is 15.4. The van der Waals surface area contributed by atoms with Gasteiger partial charge in [-0.15, -0.1) is 0 Å². The highest BCUT2D eigenvalue weighted by Crippen LogP contribution is 2.25. The summed E-state index contributed by atoms with van der Waals surface area (Å²) in [6, 6.07) is 7.33. The van der Waals surface area contributed by atoms with Crippen molar-refractivity contribution in [1.29, 1.82) is 0 Å². The first-order valence-corrected chi connectivity index (χ1v) is 11.4. The van der Waals surface area contributed by atoms with Gasteiger partial charge < -0.3 is 15.1 Å². The molecule has 2 aliphatic heterocycles. The fourth-order valence-corrected chi connectivity index (χ4v) is 4.55. The second kappa shape index (κ2) is 9.73. The lowest BCUT2D eigenvalue weighted by atomic mass is 10.0. The molecule has 0 saturated carbocycles. The maximum Gasteiger partial charge on any atom is 0.274 e. The molecule has 8 nitrogen and oxygen atoms in total. The molecule has 0 atom stereocenters. The highest BCUT2D eigenvalue weighted by Gasteiger charge is 2.31. The zero-order chi connectivity index (χ0) is 22.7. The van der Waals surface area contributed by atoms with E-state index < -0.39 is 0 Å². The van der Waals surface area contributed by atoms with Crippen LogP contribution >= 0.6 is 11.6 Å². The Bertz CT molecular complexity index is 1030. The molecule has 0 radical (unpaired) electrons. The van der Waals surface area contributed by atoms with Crippen molar-refractivity contribution in [3.05, 3.63) is 51.8 Å². The standard InChI is InChI=1S/C23H28ClN5O3/c1-27-19-10-13-29(15-17(19)22(26-27)23(32)28-11-4-5-12-28)21(31)9-8-20(30)25-14-16-6-2-3-7-18(16)24/h2-3,6-7H,4-5,8-15H2,1H3,(H,25,30). The van der Waals surface area contributed by atoms with Crippen LogP contribution in [0.15, 0.2) is 24.3 Å². The van der Waals surface area contributed by atoms with E-state index in [4.69, 9.17) is 11.6 Å². The van der Waals surface area contributed by atoms with Crippen molar-refractivity contribution >= 4 is 29.3 Å². The molecule has 2 aromatic rings. The molecular weight excluding hydrogens is 430 g/mol. The van der Waals surface area contributed by atoms with Crippen molar-refractivity contribution in [2.75, 3.05) is 19.6 Å². The van der Waals surface area contributed by atoms with Crippen LogP contribution < -0.4 is 5.32 Å². The fourth-order valence-electron chi connectivity index (χ4n) is 4.35. The van der Waals surface area contributed by atoms with Crippen LogP contribution in [0.4, 0.5) is 0 Å². The van der Waals surface area contributed by atoms with E-state index in [2.05, 4.69) is 10.4 Å². The topological polar surface area (TPSA) is 87.5 Å². The summed E-state index contributed by atoms with van der Waals surface area (Å²) in [6.07, 6.45) is 2.92. The van der Waals surface area contributed by atoms with Gasteiger partial charge in [-0.2, -0.15) is 5.10 Å². The Morgan fingerprint density at radius 2 is 1.81 bits per heavy atom. The van der Waals surface area contributed by atoms with Gasteiger partial charge in [0.15, 0.2) is 5.69 Å². The molecule has 2 aliphatic rings. The van der Waals surface area contributed by atoms with Gasteiger partial charge in [0.1, 0.15) is 0 Å². The molecule has 0 unspecified atom stereocenters. The number of amides is 3. The van der Waals surface area contributed by atoms with Gasteiger partial charge >= 0.3 is 0 Å². The Hall–Kier alpha value is -2.87. The van der Waals surface area contributed by atoms with Crippen molar-refractivity contribution in [1.82, 2.24) is 24.9 Å². The Morgan fingerprint density at radius 3 is 2.56 bits per heavy atom. The zero-order valence-electron chi connectivity index (χ0n) is 18.3. The van der Waals surface area contributed by atoms with E-state index >= 15 is 0 Å². The summed E-state index contributed by atoms with van der Waals surface area (Å²) in [7, 11) is 1.85. The van der Waals surface area contributed by atoms with Gasteiger partial charge in [0.2, 0.25) is 11.8 Å². The lowest BCUT2D eigenvalue weighted by Crippen LogP contribution is -2.38.